The van der Waals surface area contributed by atoms with Crippen LogP contribution in [0, 0.1) is 0 Å². The first-order chi connectivity index (χ1) is 13.9. The third kappa shape index (κ3) is 9.76. The van der Waals surface area contributed by atoms with Gasteiger partial charge in [-0.15, -0.1) is 0 Å². The van der Waals surface area contributed by atoms with Gasteiger partial charge in [0.05, 0.1) is 25.8 Å². The Morgan fingerprint density at radius 1 is 1.21 bits per heavy atom. The third-order valence-corrected chi connectivity index (χ3v) is 4.34. The number of amides is 1. The minimum atomic E-state index is -0.249. The van der Waals surface area contributed by atoms with Gasteiger partial charge in [0.2, 0.25) is 5.91 Å². The Morgan fingerprint density at radius 3 is 2.62 bits per heavy atom. The molecule has 0 radical (unpaired) electrons. The minimum Gasteiger partial charge on any atom is -0.381 e. The second-order valence-electron chi connectivity index (χ2n) is 8.29. The number of carbonyl (C=O) groups is 1. The molecule has 162 valence electrons. The van der Waals surface area contributed by atoms with Crippen molar-refractivity contribution in [3.05, 3.63) is 35.4 Å². The smallest absolute Gasteiger partial charge is 0.239 e. The van der Waals surface area contributed by atoms with Gasteiger partial charge in [0, 0.05) is 25.3 Å². The lowest BCUT2D eigenvalue weighted by Crippen LogP contribution is -2.48. The maximum atomic E-state index is 12.0. The van der Waals surface area contributed by atoms with E-state index in [4.69, 9.17) is 9.47 Å². The highest BCUT2D eigenvalue weighted by Gasteiger charge is 2.15. The third-order valence-electron chi connectivity index (χ3n) is 4.34. The largest absolute Gasteiger partial charge is 0.381 e. The number of ether oxygens (including phenoxy) is 2. The summed E-state index contributed by atoms with van der Waals surface area (Å²) in [6, 6.07) is 8.29. The van der Waals surface area contributed by atoms with E-state index in [0.29, 0.717) is 19.1 Å². The Labute approximate surface area is 174 Å². The van der Waals surface area contributed by atoms with Gasteiger partial charge in [-0.05, 0) is 51.7 Å². The van der Waals surface area contributed by atoms with Crippen LogP contribution in [0.2, 0.25) is 0 Å². The first-order valence-corrected chi connectivity index (χ1v) is 10.5. The normalized spacial score (nSPS) is 15.8. The van der Waals surface area contributed by atoms with E-state index in [1.54, 1.807) is 0 Å². The maximum absolute atomic E-state index is 12.0. The molecule has 0 aliphatic carbocycles. The topological polar surface area (TPSA) is 84.0 Å². The van der Waals surface area contributed by atoms with Crippen LogP contribution in [0.25, 0.3) is 0 Å². The number of hydrogen-bond donors (Lipinski definition) is 3. The second kappa shape index (κ2) is 11.8. The van der Waals surface area contributed by atoms with Crippen molar-refractivity contribution in [2.75, 3.05) is 26.3 Å². The molecular weight excluding hydrogens is 368 g/mol. The zero-order valence-electron chi connectivity index (χ0n) is 18.2. The number of nitrogens with zero attached hydrogens (tertiary/aromatic N) is 1. The lowest BCUT2D eigenvalue weighted by Gasteiger charge is -2.22. The van der Waals surface area contributed by atoms with E-state index in [2.05, 4.69) is 39.1 Å². The number of benzene rings is 1. The number of rotatable bonds is 8. The van der Waals surface area contributed by atoms with Gasteiger partial charge >= 0.3 is 0 Å². The summed E-state index contributed by atoms with van der Waals surface area (Å²) < 4.78 is 11.4. The summed E-state index contributed by atoms with van der Waals surface area (Å²) in [6.45, 7) is 11.5. The molecule has 0 atom stereocenters. The molecule has 1 heterocycles. The predicted octanol–water partition coefficient (Wildman–Crippen LogP) is 2.35. The predicted molar refractivity (Wildman–Crippen MR) is 116 cm³/mol. The lowest BCUT2D eigenvalue weighted by atomic mass is 10.1. The Bertz CT molecular complexity index is 664. The van der Waals surface area contributed by atoms with Crippen LogP contribution in [0.1, 0.15) is 51.7 Å². The van der Waals surface area contributed by atoms with E-state index in [0.717, 1.165) is 43.7 Å². The number of guanidine groups is 1. The zero-order chi connectivity index (χ0) is 21.1. The molecule has 1 aromatic carbocycles. The molecule has 1 saturated heterocycles. The van der Waals surface area contributed by atoms with Crippen LogP contribution in [0.5, 0.6) is 0 Å². The van der Waals surface area contributed by atoms with E-state index in [1.807, 2.05) is 33.8 Å². The molecule has 1 aliphatic rings. The molecule has 0 aromatic heterocycles. The molecule has 1 aromatic rings. The fraction of sp³-hybridized carbons (Fsp3) is 0.636. The van der Waals surface area contributed by atoms with Gasteiger partial charge in [-0.1, -0.05) is 24.3 Å². The Hall–Kier alpha value is -2.12. The lowest BCUT2D eigenvalue weighted by molar-refractivity contribution is -0.121. The van der Waals surface area contributed by atoms with Crippen LogP contribution in [0.15, 0.2) is 29.3 Å². The zero-order valence-corrected chi connectivity index (χ0v) is 18.2. The molecule has 1 aliphatic heterocycles. The van der Waals surface area contributed by atoms with Crippen LogP contribution in [0.3, 0.4) is 0 Å². The molecule has 2 rings (SSSR count). The van der Waals surface area contributed by atoms with Crippen LogP contribution < -0.4 is 16.0 Å². The van der Waals surface area contributed by atoms with Gasteiger partial charge < -0.3 is 25.4 Å². The van der Waals surface area contributed by atoms with Crippen molar-refractivity contribution < 1.29 is 14.3 Å². The highest BCUT2D eigenvalue weighted by Crippen LogP contribution is 2.14. The van der Waals surface area contributed by atoms with Crippen molar-refractivity contribution in [2.45, 2.75) is 65.3 Å². The van der Waals surface area contributed by atoms with E-state index < -0.39 is 0 Å². The summed E-state index contributed by atoms with van der Waals surface area (Å²) in [5, 5.41) is 9.20. The Balaban J connectivity index is 1.86. The van der Waals surface area contributed by atoms with Gasteiger partial charge in [0.1, 0.15) is 0 Å². The quantitative estimate of drug-likeness (QED) is 0.458. The van der Waals surface area contributed by atoms with Crippen LogP contribution >= 0.6 is 0 Å². The number of aliphatic imine (C=N–C) groups is 1. The molecule has 1 fully saturated rings. The van der Waals surface area contributed by atoms with Crippen molar-refractivity contribution in [3.63, 3.8) is 0 Å². The maximum Gasteiger partial charge on any atom is 0.239 e. The van der Waals surface area contributed by atoms with E-state index in [-0.39, 0.29) is 24.1 Å². The number of carbonyl (C=O) groups excluding carboxylic acids is 1. The Kier molecular flexibility index (Phi) is 9.41. The summed E-state index contributed by atoms with van der Waals surface area (Å²) in [4.78, 5) is 16.6. The standard InChI is InChI=1S/C22H36N4O3/c1-5-23-21(25-15-20(27)26-22(2,3)4)24-14-17-7-6-8-18(13-17)16-29-19-9-11-28-12-10-19/h6-8,13,19H,5,9-12,14-16H2,1-4H3,(H,26,27)(H2,23,24,25). The second-order valence-corrected chi connectivity index (χ2v) is 8.29. The number of hydrogen-bond acceptors (Lipinski definition) is 4. The van der Waals surface area contributed by atoms with Crippen molar-refractivity contribution in [2.24, 2.45) is 4.99 Å². The summed E-state index contributed by atoms with van der Waals surface area (Å²) >= 11 is 0. The highest BCUT2D eigenvalue weighted by molar-refractivity contribution is 5.86. The van der Waals surface area contributed by atoms with Crippen molar-refractivity contribution >= 4 is 11.9 Å². The average molecular weight is 405 g/mol. The van der Waals surface area contributed by atoms with Gasteiger partial charge in [0.25, 0.3) is 0 Å². The molecule has 0 bridgehead atoms. The summed E-state index contributed by atoms with van der Waals surface area (Å²) in [5.41, 5.74) is 2.00. The van der Waals surface area contributed by atoms with Crippen molar-refractivity contribution in [3.8, 4) is 0 Å². The number of nitrogens with one attached hydrogen (secondary N) is 3. The summed E-state index contributed by atoms with van der Waals surface area (Å²) in [7, 11) is 0. The van der Waals surface area contributed by atoms with Crippen molar-refractivity contribution in [1.29, 1.82) is 0 Å². The fourth-order valence-corrected chi connectivity index (χ4v) is 3.01. The van der Waals surface area contributed by atoms with Crippen LogP contribution in [-0.4, -0.2) is 49.8 Å². The molecule has 0 saturated carbocycles. The molecule has 0 unspecified atom stereocenters. The van der Waals surface area contributed by atoms with Crippen molar-refractivity contribution in [1.82, 2.24) is 16.0 Å². The summed E-state index contributed by atoms with van der Waals surface area (Å²) in [6.07, 6.45) is 2.21. The Morgan fingerprint density at radius 2 is 1.93 bits per heavy atom. The molecule has 7 nitrogen and oxygen atoms in total. The molecule has 7 heteroatoms. The summed E-state index contributed by atoms with van der Waals surface area (Å²) in [5.74, 6) is 0.566. The van der Waals surface area contributed by atoms with Crippen LogP contribution in [-0.2, 0) is 27.4 Å². The van der Waals surface area contributed by atoms with Gasteiger partial charge in [-0.3, -0.25) is 4.79 Å². The first-order valence-electron chi connectivity index (χ1n) is 10.5. The van der Waals surface area contributed by atoms with E-state index in [9.17, 15) is 4.79 Å². The molecule has 0 spiro atoms. The minimum absolute atomic E-state index is 0.0599. The molecule has 29 heavy (non-hydrogen) atoms. The highest BCUT2D eigenvalue weighted by atomic mass is 16.5. The fourth-order valence-electron chi connectivity index (χ4n) is 3.01. The average Bonchev–Trinajstić information content (AvgIpc) is 2.68. The van der Waals surface area contributed by atoms with E-state index in [1.165, 1.54) is 0 Å². The molecular formula is C22H36N4O3. The monoisotopic (exact) mass is 404 g/mol. The van der Waals surface area contributed by atoms with Gasteiger partial charge in [-0.2, -0.15) is 0 Å². The van der Waals surface area contributed by atoms with Crippen LogP contribution in [0.4, 0.5) is 0 Å². The SMILES string of the molecule is CCNC(=NCc1cccc(COC2CCOCC2)c1)NCC(=O)NC(C)(C)C. The molecule has 3 N–H and O–H groups in total. The molecule has 1 amide bonds. The van der Waals surface area contributed by atoms with E-state index >= 15 is 0 Å². The van der Waals surface area contributed by atoms with Gasteiger partial charge in [0.15, 0.2) is 5.96 Å². The first kappa shape index (κ1) is 23.2. The van der Waals surface area contributed by atoms with Gasteiger partial charge in [-0.25, -0.2) is 4.99 Å².